The fourth-order valence-corrected chi connectivity index (χ4v) is 2.46. The van der Waals surface area contributed by atoms with Crippen molar-refractivity contribution in [1.82, 2.24) is 9.78 Å². The topological polar surface area (TPSA) is 55.1 Å². The average molecular weight is 306 g/mol. The number of carboxylic acids is 1. The number of benzene rings is 2. The van der Waals surface area contributed by atoms with E-state index < -0.39 is 5.97 Å². The van der Waals surface area contributed by atoms with Crippen molar-refractivity contribution >= 4 is 5.97 Å². The van der Waals surface area contributed by atoms with Gasteiger partial charge in [0.1, 0.15) is 0 Å². The maximum atomic E-state index is 11.1. The second-order valence-electron chi connectivity index (χ2n) is 5.81. The Balaban J connectivity index is 1.91. The second kappa shape index (κ2) is 6.08. The number of aromatic carboxylic acids is 1. The first-order valence-electron chi connectivity index (χ1n) is 7.53. The van der Waals surface area contributed by atoms with E-state index in [4.69, 9.17) is 5.11 Å². The van der Waals surface area contributed by atoms with Gasteiger partial charge >= 0.3 is 5.97 Å². The molecule has 3 aromatic rings. The molecule has 116 valence electrons. The lowest BCUT2D eigenvalue weighted by Gasteiger charge is -2.06. The molecular weight excluding hydrogens is 288 g/mol. The van der Waals surface area contributed by atoms with Gasteiger partial charge in [-0.25, -0.2) is 9.48 Å². The Morgan fingerprint density at radius 3 is 2.48 bits per heavy atom. The van der Waals surface area contributed by atoms with Crippen molar-refractivity contribution in [2.75, 3.05) is 0 Å². The van der Waals surface area contributed by atoms with Crippen LogP contribution < -0.4 is 0 Å². The molecule has 0 aliphatic carbocycles. The Kier molecular flexibility index (Phi) is 3.98. The summed E-state index contributed by atoms with van der Waals surface area (Å²) in [6.45, 7) is 4.33. The van der Waals surface area contributed by atoms with Crippen LogP contribution in [-0.4, -0.2) is 20.9 Å². The first kappa shape index (κ1) is 15.0. The predicted octanol–water partition coefficient (Wildman–Crippen LogP) is 4.36. The third-order valence-electron chi connectivity index (χ3n) is 3.85. The smallest absolute Gasteiger partial charge is 0.335 e. The van der Waals surface area contributed by atoms with E-state index in [1.54, 1.807) is 29.1 Å². The van der Waals surface area contributed by atoms with Crippen LogP contribution >= 0.6 is 0 Å². The fourth-order valence-electron chi connectivity index (χ4n) is 2.46. The standard InChI is InChI=1S/C19H18N2O2/c1-13(2)14-6-8-18(9-7-14)21-12-17(11-20-21)15-4-3-5-16(10-15)19(22)23/h3-13H,1-2H3,(H,22,23). The summed E-state index contributed by atoms with van der Waals surface area (Å²) in [6, 6.07) is 15.2. The van der Waals surface area contributed by atoms with Gasteiger partial charge in [-0.15, -0.1) is 0 Å². The first-order chi connectivity index (χ1) is 11.0. The van der Waals surface area contributed by atoms with Crippen molar-refractivity contribution in [1.29, 1.82) is 0 Å². The van der Waals surface area contributed by atoms with Gasteiger partial charge in [0, 0.05) is 11.8 Å². The largest absolute Gasteiger partial charge is 0.478 e. The molecule has 0 aliphatic rings. The Labute approximate surface area is 135 Å². The van der Waals surface area contributed by atoms with Crippen LogP contribution in [0.25, 0.3) is 16.8 Å². The number of hydrogen-bond donors (Lipinski definition) is 1. The zero-order valence-corrected chi connectivity index (χ0v) is 13.1. The van der Waals surface area contributed by atoms with Gasteiger partial charge in [-0.3, -0.25) is 0 Å². The van der Waals surface area contributed by atoms with Gasteiger partial charge in [-0.2, -0.15) is 5.10 Å². The Hall–Kier alpha value is -2.88. The number of rotatable bonds is 4. The highest BCUT2D eigenvalue weighted by atomic mass is 16.4. The summed E-state index contributed by atoms with van der Waals surface area (Å²) in [5, 5.41) is 13.5. The maximum absolute atomic E-state index is 11.1. The SMILES string of the molecule is CC(C)c1ccc(-n2cc(-c3cccc(C(=O)O)c3)cn2)cc1. The lowest BCUT2D eigenvalue weighted by Crippen LogP contribution is -1.96. The van der Waals surface area contributed by atoms with Crippen LogP contribution in [0.2, 0.25) is 0 Å². The van der Waals surface area contributed by atoms with Gasteiger partial charge in [0.05, 0.1) is 17.4 Å². The Morgan fingerprint density at radius 1 is 1.09 bits per heavy atom. The molecule has 23 heavy (non-hydrogen) atoms. The normalized spacial score (nSPS) is 10.9. The van der Waals surface area contributed by atoms with Gasteiger partial charge in [-0.05, 0) is 41.3 Å². The molecule has 0 saturated heterocycles. The molecule has 0 bridgehead atoms. The van der Waals surface area contributed by atoms with E-state index in [0.717, 1.165) is 16.8 Å². The summed E-state index contributed by atoms with van der Waals surface area (Å²) in [7, 11) is 0. The molecule has 0 fully saturated rings. The minimum Gasteiger partial charge on any atom is -0.478 e. The van der Waals surface area contributed by atoms with Crippen molar-refractivity contribution in [3.05, 3.63) is 72.1 Å². The molecule has 0 spiro atoms. The molecule has 0 amide bonds. The van der Waals surface area contributed by atoms with Gasteiger partial charge in [0.15, 0.2) is 0 Å². The van der Waals surface area contributed by atoms with Crippen molar-refractivity contribution in [3.63, 3.8) is 0 Å². The number of hydrogen-bond acceptors (Lipinski definition) is 2. The molecule has 4 heteroatoms. The highest BCUT2D eigenvalue weighted by molar-refractivity contribution is 5.89. The molecule has 2 aromatic carbocycles. The average Bonchev–Trinajstić information content (AvgIpc) is 3.05. The zero-order chi connectivity index (χ0) is 16.4. The fraction of sp³-hybridized carbons (Fsp3) is 0.158. The van der Waals surface area contributed by atoms with Crippen molar-refractivity contribution in [2.45, 2.75) is 19.8 Å². The number of aromatic nitrogens is 2. The lowest BCUT2D eigenvalue weighted by molar-refractivity contribution is 0.0697. The number of nitrogens with zero attached hydrogens (tertiary/aromatic N) is 2. The quantitative estimate of drug-likeness (QED) is 0.779. The first-order valence-corrected chi connectivity index (χ1v) is 7.53. The van der Waals surface area contributed by atoms with Crippen molar-refractivity contribution < 1.29 is 9.90 Å². The van der Waals surface area contributed by atoms with Crippen molar-refractivity contribution in [2.24, 2.45) is 0 Å². The minimum atomic E-state index is -0.927. The molecule has 3 rings (SSSR count). The Bertz CT molecular complexity index is 833. The van der Waals surface area contributed by atoms with Crippen molar-refractivity contribution in [3.8, 4) is 16.8 Å². The van der Waals surface area contributed by atoms with Gasteiger partial charge in [0.25, 0.3) is 0 Å². The summed E-state index contributed by atoms with van der Waals surface area (Å²) >= 11 is 0. The van der Waals surface area contributed by atoms with E-state index in [1.165, 1.54) is 5.56 Å². The summed E-state index contributed by atoms with van der Waals surface area (Å²) in [5.41, 5.74) is 4.28. The van der Waals surface area contributed by atoms with Crippen LogP contribution in [0, 0.1) is 0 Å². The zero-order valence-electron chi connectivity index (χ0n) is 13.1. The highest BCUT2D eigenvalue weighted by Gasteiger charge is 2.08. The van der Waals surface area contributed by atoms with E-state index in [9.17, 15) is 4.79 Å². The molecule has 1 heterocycles. The summed E-state index contributed by atoms with van der Waals surface area (Å²) < 4.78 is 1.80. The van der Waals surface area contributed by atoms with Gasteiger partial charge in [-0.1, -0.05) is 38.1 Å². The summed E-state index contributed by atoms with van der Waals surface area (Å²) in [6.07, 6.45) is 3.66. The van der Waals surface area contributed by atoms with Crippen LogP contribution in [0.5, 0.6) is 0 Å². The monoisotopic (exact) mass is 306 g/mol. The Morgan fingerprint density at radius 2 is 1.83 bits per heavy atom. The molecule has 0 unspecified atom stereocenters. The van der Waals surface area contributed by atoms with Crippen LogP contribution in [0.1, 0.15) is 35.7 Å². The predicted molar refractivity (Wildman–Crippen MR) is 90.0 cm³/mol. The number of carbonyl (C=O) groups is 1. The molecule has 0 aliphatic heterocycles. The molecule has 1 N–H and O–H groups in total. The van der Waals surface area contributed by atoms with Gasteiger partial charge < -0.3 is 5.11 Å². The van der Waals surface area contributed by atoms with Gasteiger partial charge in [0.2, 0.25) is 0 Å². The molecule has 0 atom stereocenters. The summed E-state index contributed by atoms with van der Waals surface area (Å²) in [4.78, 5) is 11.1. The highest BCUT2D eigenvalue weighted by Crippen LogP contribution is 2.22. The van der Waals surface area contributed by atoms with Crippen LogP contribution in [0.4, 0.5) is 0 Å². The third kappa shape index (κ3) is 3.16. The van der Waals surface area contributed by atoms with E-state index in [1.807, 2.05) is 24.4 Å². The molecule has 0 saturated carbocycles. The molecule has 4 nitrogen and oxygen atoms in total. The van der Waals surface area contributed by atoms with E-state index in [-0.39, 0.29) is 5.56 Å². The van der Waals surface area contributed by atoms with Crippen LogP contribution in [0.15, 0.2) is 60.9 Å². The minimum absolute atomic E-state index is 0.275. The number of carboxylic acid groups (broad SMARTS) is 1. The lowest BCUT2D eigenvalue weighted by atomic mass is 10.0. The van der Waals surface area contributed by atoms with Crippen LogP contribution in [-0.2, 0) is 0 Å². The molecule has 1 aromatic heterocycles. The van der Waals surface area contributed by atoms with E-state index in [2.05, 4.69) is 31.1 Å². The van der Waals surface area contributed by atoms with E-state index >= 15 is 0 Å². The summed E-state index contributed by atoms with van der Waals surface area (Å²) in [5.74, 6) is -0.431. The van der Waals surface area contributed by atoms with E-state index in [0.29, 0.717) is 5.92 Å². The maximum Gasteiger partial charge on any atom is 0.335 e. The second-order valence-corrected chi connectivity index (χ2v) is 5.81. The molecule has 0 radical (unpaired) electrons. The molecular formula is C19H18N2O2. The van der Waals surface area contributed by atoms with Crippen LogP contribution in [0.3, 0.4) is 0 Å². The third-order valence-corrected chi connectivity index (χ3v) is 3.85.